The molecule has 2 N–H and O–H groups in total. The van der Waals surface area contributed by atoms with Gasteiger partial charge in [0.1, 0.15) is 5.52 Å². The Morgan fingerprint density at radius 2 is 1.88 bits per heavy atom. The summed E-state index contributed by atoms with van der Waals surface area (Å²) in [6.07, 6.45) is 0. The number of amides is 1. The number of fused-ring (bicyclic) bond motifs is 1. The average molecular weight is 446 g/mol. The van der Waals surface area contributed by atoms with Crippen LogP contribution in [0.15, 0.2) is 65.1 Å². The number of nitro benzene ring substituents is 1. The lowest BCUT2D eigenvalue weighted by Crippen LogP contribution is -2.34. The first kappa shape index (κ1) is 21.1. The highest BCUT2D eigenvalue weighted by molar-refractivity contribution is 7.80. The minimum Gasteiger partial charge on any atom is -0.436 e. The summed E-state index contributed by atoms with van der Waals surface area (Å²) in [4.78, 5) is 27.7. The van der Waals surface area contributed by atoms with Crippen LogP contribution in [-0.4, -0.2) is 20.9 Å². The van der Waals surface area contributed by atoms with Gasteiger partial charge in [-0.05, 0) is 68.0 Å². The summed E-state index contributed by atoms with van der Waals surface area (Å²) in [6.45, 7) is 3.51. The molecule has 8 nitrogen and oxygen atoms in total. The molecule has 0 saturated heterocycles. The highest BCUT2D eigenvalue weighted by Crippen LogP contribution is 2.27. The quantitative estimate of drug-likeness (QED) is 0.253. The second-order valence-corrected chi connectivity index (χ2v) is 7.59. The van der Waals surface area contributed by atoms with Crippen molar-refractivity contribution in [3.8, 4) is 11.5 Å². The molecule has 4 rings (SSSR count). The third kappa shape index (κ3) is 4.33. The van der Waals surface area contributed by atoms with Crippen LogP contribution in [0.3, 0.4) is 0 Å². The Kier molecular flexibility index (Phi) is 5.65. The Bertz CT molecular complexity index is 1380. The monoisotopic (exact) mass is 446 g/mol. The van der Waals surface area contributed by atoms with Gasteiger partial charge in [0.25, 0.3) is 11.6 Å². The van der Waals surface area contributed by atoms with Crippen molar-refractivity contribution in [3.05, 3.63) is 87.5 Å². The summed E-state index contributed by atoms with van der Waals surface area (Å²) in [5.41, 5.74) is 4.25. The second-order valence-electron chi connectivity index (χ2n) is 7.19. The number of carbonyl (C=O) groups is 1. The van der Waals surface area contributed by atoms with Gasteiger partial charge in [-0.1, -0.05) is 18.2 Å². The van der Waals surface area contributed by atoms with Crippen LogP contribution >= 0.6 is 12.2 Å². The Morgan fingerprint density at radius 3 is 2.66 bits per heavy atom. The number of nitrogens with zero attached hydrogens (tertiary/aromatic N) is 2. The summed E-state index contributed by atoms with van der Waals surface area (Å²) in [5.74, 6) is -0.0643. The van der Waals surface area contributed by atoms with Gasteiger partial charge in [-0.25, -0.2) is 4.98 Å². The first-order chi connectivity index (χ1) is 15.3. The largest absolute Gasteiger partial charge is 0.436 e. The van der Waals surface area contributed by atoms with Gasteiger partial charge in [-0.15, -0.1) is 0 Å². The van der Waals surface area contributed by atoms with Crippen LogP contribution in [0, 0.1) is 24.0 Å². The predicted octanol–water partition coefficient (Wildman–Crippen LogP) is 5.15. The van der Waals surface area contributed by atoms with Crippen molar-refractivity contribution in [1.82, 2.24) is 10.3 Å². The average Bonchev–Trinajstić information content (AvgIpc) is 3.17. The zero-order valence-corrected chi connectivity index (χ0v) is 18.0. The molecule has 0 aliphatic rings. The number of anilines is 1. The van der Waals surface area contributed by atoms with Gasteiger partial charge in [0.05, 0.1) is 4.92 Å². The maximum Gasteiger partial charge on any atom is 0.273 e. The highest BCUT2D eigenvalue weighted by Gasteiger charge is 2.18. The Balaban J connectivity index is 1.50. The van der Waals surface area contributed by atoms with Gasteiger partial charge in [0, 0.05) is 28.4 Å². The molecule has 9 heteroatoms. The lowest BCUT2D eigenvalue weighted by Gasteiger charge is -2.11. The number of aromatic nitrogens is 1. The van der Waals surface area contributed by atoms with E-state index >= 15 is 0 Å². The standard InChI is InChI=1S/C23H18N4O4S/c1-13-9-10-20-18(11-13)25-22(31-20)15-5-3-6-16(12-15)24-23(32)26-21(28)17-7-4-8-19(14(17)2)27(29)30/h3-12H,1-2H3,(H2,24,26,28,32). The van der Waals surface area contributed by atoms with Crippen molar-refractivity contribution in [2.75, 3.05) is 5.32 Å². The molecule has 0 atom stereocenters. The van der Waals surface area contributed by atoms with Crippen LogP contribution in [0.25, 0.3) is 22.6 Å². The molecule has 4 aromatic rings. The summed E-state index contributed by atoms with van der Waals surface area (Å²) in [6, 6.07) is 17.4. The van der Waals surface area contributed by atoms with Crippen LogP contribution in [0.2, 0.25) is 0 Å². The number of carbonyl (C=O) groups excluding carboxylic acids is 1. The highest BCUT2D eigenvalue weighted by atomic mass is 32.1. The van der Waals surface area contributed by atoms with Crippen LogP contribution in [0.1, 0.15) is 21.5 Å². The zero-order valence-electron chi connectivity index (χ0n) is 17.2. The van der Waals surface area contributed by atoms with Crippen LogP contribution in [0.4, 0.5) is 11.4 Å². The minimum atomic E-state index is -0.533. The summed E-state index contributed by atoms with van der Waals surface area (Å²) < 4.78 is 5.84. The third-order valence-electron chi connectivity index (χ3n) is 4.88. The summed E-state index contributed by atoms with van der Waals surface area (Å²) in [5, 5.41) is 16.7. The number of aryl methyl sites for hydroxylation is 1. The molecule has 0 spiro atoms. The van der Waals surface area contributed by atoms with E-state index in [4.69, 9.17) is 16.6 Å². The molecule has 1 aromatic heterocycles. The fraction of sp³-hybridized carbons (Fsp3) is 0.0870. The minimum absolute atomic E-state index is 0.0613. The number of nitrogens with one attached hydrogen (secondary N) is 2. The van der Waals surface area contributed by atoms with Crippen LogP contribution in [0.5, 0.6) is 0 Å². The molecule has 0 radical (unpaired) electrons. The van der Waals surface area contributed by atoms with E-state index in [0.717, 1.165) is 16.6 Å². The molecule has 0 bridgehead atoms. The van der Waals surface area contributed by atoms with E-state index in [1.165, 1.54) is 25.1 Å². The fourth-order valence-electron chi connectivity index (χ4n) is 3.29. The summed E-state index contributed by atoms with van der Waals surface area (Å²) >= 11 is 5.25. The van der Waals surface area contributed by atoms with Crippen molar-refractivity contribution in [2.24, 2.45) is 0 Å². The number of rotatable bonds is 4. The molecule has 1 heterocycles. The third-order valence-corrected chi connectivity index (χ3v) is 5.09. The first-order valence-corrected chi connectivity index (χ1v) is 10.1. The lowest BCUT2D eigenvalue weighted by atomic mass is 10.1. The Hall–Kier alpha value is -4.11. The van der Waals surface area contributed by atoms with E-state index in [1.54, 1.807) is 12.1 Å². The molecule has 0 saturated carbocycles. The maximum atomic E-state index is 12.6. The fourth-order valence-corrected chi connectivity index (χ4v) is 3.50. The molecule has 3 aromatic carbocycles. The van der Waals surface area contributed by atoms with Crippen molar-refractivity contribution >= 4 is 45.7 Å². The van der Waals surface area contributed by atoms with Crippen LogP contribution < -0.4 is 10.6 Å². The molecular weight excluding hydrogens is 428 g/mol. The van der Waals surface area contributed by atoms with Crippen LogP contribution in [-0.2, 0) is 0 Å². The van der Waals surface area contributed by atoms with E-state index in [0.29, 0.717) is 17.2 Å². The van der Waals surface area contributed by atoms with Gasteiger partial charge in [0.2, 0.25) is 5.89 Å². The van der Waals surface area contributed by atoms with Gasteiger partial charge in [0.15, 0.2) is 10.7 Å². The van der Waals surface area contributed by atoms with Gasteiger partial charge in [-0.2, -0.15) is 0 Å². The van der Waals surface area contributed by atoms with E-state index in [2.05, 4.69) is 15.6 Å². The van der Waals surface area contributed by atoms with E-state index in [1.807, 2.05) is 37.3 Å². The van der Waals surface area contributed by atoms with E-state index in [-0.39, 0.29) is 21.9 Å². The Morgan fingerprint density at radius 1 is 1.09 bits per heavy atom. The van der Waals surface area contributed by atoms with Crippen molar-refractivity contribution < 1.29 is 14.1 Å². The van der Waals surface area contributed by atoms with Gasteiger partial charge < -0.3 is 9.73 Å². The number of benzene rings is 3. The SMILES string of the molecule is Cc1ccc2oc(-c3cccc(NC(=S)NC(=O)c4cccc([N+](=O)[O-])c4C)c3)nc2c1. The Labute approximate surface area is 188 Å². The zero-order chi connectivity index (χ0) is 22.8. The van der Waals surface area contributed by atoms with Crippen molar-refractivity contribution in [1.29, 1.82) is 0 Å². The summed E-state index contributed by atoms with van der Waals surface area (Å²) in [7, 11) is 0. The molecule has 32 heavy (non-hydrogen) atoms. The topological polar surface area (TPSA) is 110 Å². The number of oxazole rings is 1. The molecular formula is C23H18N4O4S. The molecule has 1 amide bonds. The smallest absolute Gasteiger partial charge is 0.273 e. The van der Waals surface area contributed by atoms with E-state index < -0.39 is 10.8 Å². The number of nitro groups is 1. The van der Waals surface area contributed by atoms with Crippen molar-refractivity contribution in [2.45, 2.75) is 13.8 Å². The molecule has 160 valence electrons. The number of thiocarbonyl (C=S) groups is 1. The normalized spacial score (nSPS) is 10.7. The number of hydrogen-bond acceptors (Lipinski definition) is 6. The lowest BCUT2D eigenvalue weighted by molar-refractivity contribution is -0.385. The van der Waals surface area contributed by atoms with E-state index in [9.17, 15) is 14.9 Å². The van der Waals surface area contributed by atoms with Crippen molar-refractivity contribution in [3.63, 3.8) is 0 Å². The predicted molar refractivity (Wildman–Crippen MR) is 126 cm³/mol. The van der Waals surface area contributed by atoms with Gasteiger partial charge in [-0.3, -0.25) is 20.2 Å². The molecule has 0 fully saturated rings. The number of hydrogen-bond donors (Lipinski definition) is 2. The molecule has 0 aliphatic carbocycles. The molecule has 0 unspecified atom stereocenters. The first-order valence-electron chi connectivity index (χ1n) is 9.66. The maximum absolute atomic E-state index is 12.6. The molecule has 0 aliphatic heterocycles. The van der Waals surface area contributed by atoms with Gasteiger partial charge >= 0.3 is 0 Å². The second kappa shape index (κ2) is 8.56.